The number of aromatic nitrogens is 4. The fraction of sp³-hybridized carbons (Fsp3) is 0.269. The maximum Gasteiger partial charge on any atom is 0.274 e. The van der Waals surface area contributed by atoms with Crippen molar-refractivity contribution in [3.8, 4) is 16.9 Å². The second-order valence-electron chi connectivity index (χ2n) is 8.46. The number of amides is 1. The van der Waals surface area contributed by atoms with Crippen LogP contribution in [0.4, 0.5) is 0 Å². The molecule has 10 heteroatoms. The molecule has 2 aromatic heterocycles. The van der Waals surface area contributed by atoms with Gasteiger partial charge in [-0.25, -0.2) is 8.89 Å². The maximum atomic E-state index is 13.6. The molecule has 0 radical (unpaired) electrons. The molecule has 5 rings (SSSR count). The second-order valence-corrected chi connectivity index (χ2v) is 9.40. The summed E-state index contributed by atoms with van der Waals surface area (Å²) in [5, 5.41) is 9.11. The lowest BCUT2D eigenvalue weighted by Gasteiger charge is -2.26. The van der Waals surface area contributed by atoms with E-state index in [2.05, 4.69) is 5.10 Å². The van der Waals surface area contributed by atoms with Gasteiger partial charge in [0.15, 0.2) is 16.8 Å². The molecule has 0 bridgehead atoms. The predicted molar refractivity (Wildman–Crippen MR) is 135 cm³/mol. The highest BCUT2D eigenvalue weighted by Gasteiger charge is 2.29. The molecular weight excluding hydrogens is 478 g/mol. The van der Waals surface area contributed by atoms with Crippen LogP contribution >= 0.6 is 0 Å². The second kappa shape index (κ2) is 10.6. The molecule has 2 aromatic carbocycles. The number of carbonyl (C=O) groups excluding carboxylic acids is 1. The van der Waals surface area contributed by atoms with Gasteiger partial charge in [0, 0.05) is 36.6 Å². The first-order valence-corrected chi connectivity index (χ1v) is 12.9. The van der Waals surface area contributed by atoms with Gasteiger partial charge in [0.05, 0.1) is 36.0 Å². The van der Waals surface area contributed by atoms with E-state index in [9.17, 15) is 13.6 Å². The van der Waals surface area contributed by atoms with Gasteiger partial charge in [-0.15, -0.1) is 0 Å². The smallest absolute Gasteiger partial charge is 0.274 e. The molecule has 0 saturated carbocycles. The highest BCUT2D eigenvalue weighted by atomic mass is 32.2. The molecule has 0 aliphatic carbocycles. The number of carbonyl (C=O) groups is 1. The number of benzene rings is 2. The van der Waals surface area contributed by atoms with Crippen molar-refractivity contribution in [3.05, 3.63) is 83.8 Å². The summed E-state index contributed by atoms with van der Waals surface area (Å²) >= 11 is -2.21. The van der Waals surface area contributed by atoms with Crippen LogP contribution in [0.1, 0.15) is 28.5 Å². The molecule has 36 heavy (non-hydrogen) atoms. The van der Waals surface area contributed by atoms with Gasteiger partial charge in [0.25, 0.3) is 5.91 Å². The fourth-order valence-corrected chi connectivity index (χ4v) is 5.07. The SMILES string of the molecule is CCc1c(C(=O)N2CCOCC2)nn(-c2cccc(Cn3cccn3)c2)c1-c1ccccc1S(=O)O. The first kappa shape index (κ1) is 24.1. The lowest BCUT2D eigenvalue weighted by molar-refractivity contribution is 0.0298. The third kappa shape index (κ3) is 4.75. The Bertz CT molecular complexity index is 1390. The van der Waals surface area contributed by atoms with Gasteiger partial charge in [-0.3, -0.25) is 9.48 Å². The lowest BCUT2D eigenvalue weighted by atomic mass is 10.0. The molecule has 1 fully saturated rings. The van der Waals surface area contributed by atoms with E-state index in [1.54, 1.807) is 34.0 Å². The quantitative estimate of drug-likeness (QED) is 0.386. The van der Waals surface area contributed by atoms with E-state index in [-0.39, 0.29) is 10.8 Å². The van der Waals surface area contributed by atoms with Crippen molar-refractivity contribution in [2.24, 2.45) is 0 Å². The number of hydrogen-bond acceptors (Lipinski definition) is 5. The zero-order valence-electron chi connectivity index (χ0n) is 19.9. The normalized spacial score (nSPS) is 14.7. The van der Waals surface area contributed by atoms with Crippen LogP contribution in [-0.2, 0) is 28.8 Å². The Morgan fingerprint density at radius 1 is 1.11 bits per heavy atom. The molecule has 9 nitrogen and oxygen atoms in total. The first-order chi connectivity index (χ1) is 17.6. The topological polar surface area (TPSA) is 102 Å². The van der Waals surface area contributed by atoms with Crippen molar-refractivity contribution in [1.82, 2.24) is 24.5 Å². The molecule has 1 saturated heterocycles. The number of rotatable bonds is 7. The lowest BCUT2D eigenvalue weighted by Crippen LogP contribution is -2.41. The van der Waals surface area contributed by atoms with Crippen LogP contribution in [-0.4, -0.2) is 65.4 Å². The Morgan fingerprint density at radius 3 is 2.64 bits per heavy atom. The summed E-state index contributed by atoms with van der Waals surface area (Å²) in [6, 6.07) is 16.7. The van der Waals surface area contributed by atoms with E-state index in [1.807, 2.05) is 54.2 Å². The minimum Gasteiger partial charge on any atom is -0.378 e. The summed E-state index contributed by atoms with van der Waals surface area (Å²) < 4.78 is 31.3. The van der Waals surface area contributed by atoms with E-state index in [0.717, 1.165) is 16.8 Å². The number of hydrogen-bond donors (Lipinski definition) is 1. The van der Waals surface area contributed by atoms with Gasteiger partial charge in [-0.1, -0.05) is 37.3 Å². The minimum atomic E-state index is -2.21. The van der Waals surface area contributed by atoms with E-state index in [4.69, 9.17) is 9.84 Å². The van der Waals surface area contributed by atoms with Crippen LogP contribution in [0.2, 0.25) is 0 Å². The van der Waals surface area contributed by atoms with Gasteiger partial charge in [0.1, 0.15) is 0 Å². The van der Waals surface area contributed by atoms with Gasteiger partial charge >= 0.3 is 0 Å². The Morgan fingerprint density at radius 2 is 1.92 bits per heavy atom. The van der Waals surface area contributed by atoms with Crippen LogP contribution < -0.4 is 0 Å². The van der Waals surface area contributed by atoms with Crippen LogP contribution in [0.25, 0.3) is 16.9 Å². The van der Waals surface area contributed by atoms with Gasteiger partial charge < -0.3 is 14.2 Å². The Hall–Kier alpha value is -3.60. The third-order valence-corrected chi connectivity index (χ3v) is 6.96. The molecule has 1 aliphatic heterocycles. The molecule has 4 aromatic rings. The number of morpholine rings is 1. The monoisotopic (exact) mass is 505 g/mol. The van der Waals surface area contributed by atoms with Gasteiger partial charge in [-0.05, 0) is 36.2 Å². The van der Waals surface area contributed by atoms with E-state index >= 15 is 0 Å². The highest BCUT2D eigenvalue weighted by molar-refractivity contribution is 7.79. The Labute approximate surface area is 211 Å². The van der Waals surface area contributed by atoms with E-state index in [0.29, 0.717) is 56.2 Å². The zero-order chi connectivity index (χ0) is 25.1. The molecule has 1 atom stereocenters. The van der Waals surface area contributed by atoms with Crippen molar-refractivity contribution in [2.75, 3.05) is 26.3 Å². The highest BCUT2D eigenvalue weighted by Crippen LogP contribution is 2.34. The summed E-state index contributed by atoms with van der Waals surface area (Å²) in [7, 11) is 0. The summed E-state index contributed by atoms with van der Waals surface area (Å²) in [4.78, 5) is 15.6. The average molecular weight is 506 g/mol. The van der Waals surface area contributed by atoms with Crippen LogP contribution in [0.3, 0.4) is 0 Å². The van der Waals surface area contributed by atoms with Crippen LogP contribution in [0.15, 0.2) is 71.9 Å². The zero-order valence-corrected chi connectivity index (χ0v) is 20.7. The Balaban J connectivity index is 1.68. The third-order valence-electron chi connectivity index (χ3n) is 6.23. The van der Waals surface area contributed by atoms with E-state index in [1.165, 1.54) is 0 Å². The molecule has 186 valence electrons. The molecule has 1 aliphatic rings. The summed E-state index contributed by atoms with van der Waals surface area (Å²) in [5.74, 6) is -0.162. The van der Waals surface area contributed by atoms with Crippen molar-refractivity contribution < 1.29 is 18.3 Å². The Kier molecular flexibility index (Phi) is 7.08. The molecule has 3 heterocycles. The predicted octanol–water partition coefficient (Wildman–Crippen LogP) is 3.40. The van der Waals surface area contributed by atoms with Gasteiger partial charge in [-0.2, -0.15) is 10.2 Å². The molecule has 1 amide bonds. The largest absolute Gasteiger partial charge is 0.378 e. The molecule has 1 unspecified atom stereocenters. The number of ether oxygens (including phenoxy) is 1. The van der Waals surface area contributed by atoms with Crippen molar-refractivity contribution in [2.45, 2.75) is 24.8 Å². The standard InChI is InChI=1S/C26H27N5O4S/c1-2-21-24(26(32)29-13-15-35-16-14-29)28-31(25(21)22-9-3-4-10-23(22)36(33)34)20-8-5-7-19(17-20)18-30-12-6-11-27-30/h3-12,17H,2,13-16,18H2,1H3,(H,33,34). The summed E-state index contributed by atoms with van der Waals surface area (Å²) in [6.07, 6.45) is 4.16. The van der Waals surface area contributed by atoms with Crippen LogP contribution in [0, 0.1) is 0 Å². The molecule has 0 spiro atoms. The summed E-state index contributed by atoms with van der Waals surface area (Å²) in [6.45, 7) is 4.52. The van der Waals surface area contributed by atoms with Gasteiger partial charge in [0.2, 0.25) is 0 Å². The number of nitrogens with zero attached hydrogens (tertiary/aromatic N) is 5. The minimum absolute atomic E-state index is 0.162. The van der Waals surface area contributed by atoms with Crippen LogP contribution in [0.5, 0.6) is 0 Å². The maximum absolute atomic E-state index is 13.6. The van der Waals surface area contributed by atoms with Crippen molar-refractivity contribution in [3.63, 3.8) is 0 Å². The molecular formula is C26H27N5O4S. The fourth-order valence-electron chi connectivity index (χ4n) is 4.52. The first-order valence-electron chi connectivity index (χ1n) is 11.8. The average Bonchev–Trinajstić information content (AvgIpc) is 3.56. The molecule has 1 N–H and O–H groups in total. The van der Waals surface area contributed by atoms with E-state index < -0.39 is 11.1 Å². The van der Waals surface area contributed by atoms with Crippen molar-refractivity contribution in [1.29, 1.82) is 0 Å². The van der Waals surface area contributed by atoms with Crippen molar-refractivity contribution >= 4 is 17.0 Å². The summed E-state index contributed by atoms with van der Waals surface area (Å²) in [5.41, 5.74) is 4.07.